The summed E-state index contributed by atoms with van der Waals surface area (Å²) < 4.78 is 0. The zero-order valence-electron chi connectivity index (χ0n) is 16.9. The van der Waals surface area contributed by atoms with Gasteiger partial charge in [0.05, 0.1) is 0 Å². The number of piperazine rings is 1. The van der Waals surface area contributed by atoms with Crippen LogP contribution in [0.25, 0.3) is 0 Å². The first kappa shape index (κ1) is 23.2. The van der Waals surface area contributed by atoms with Crippen molar-refractivity contribution in [3.63, 3.8) is 0 Å². The molecule has 0 amide bonds. The van der Waals surface area contributed by atoms with Gasteiger partial charge < -0.3 is 4.90 Å². The van der Waals surface area contributed by atoms with Crippen LogP contribution in [-0.4, -0.2) is 42.5 Å². The molecule has 154 valence electrons. The molecule has 1 saturated heterocycles. The van der Waals surface area contributed by atoms with Gasteiger partial charge in [0.15, 0.2) is 0 Å². The van der Waals surface area contributed by atoms with Gasteiger partial charge in [-0.2, -0.15) is 0 Å². The van der Waals surface area contributed by atoms with Gasteiger partial charge in [-0.3, -0.25) is 4.90 Å². The highest BCUT2D eigenvalue weighted by Gasteiger charge is 2.36. The molecule has 0 radical (unpaired) electrons. The predicted octanol–water partition coefficient (Wildman–Crippen LogP) is 5.91. The molecule has 0 bridgehead atoms. The molecule has 4 heteroatoms. The van der Waals surface area contributed by atoms with Crippen molar-refractivity contribution < 1.29 is 0 Å². The predicted molar refractivity (Wildman–Crippen MR) is 124 cm³/mol. The van der Waals surface area contributed by atoms with Crippen molar-refractivity contribution in [1.82, 2.24) is 9.80 Å². The van der Waals surface area contributed by atoms with E-state index in [4.69, 9.17) is 0 Å². The van der Waals surface area contributed by atoms with Crippen LogP contribution in [0.1, 0.15) is 61.3 Å². The molecular formula is C24H34Cl2N2. The molecule has 2 heterocycles. The zero-order valence-corrected chi connectivity index (χ0v) is 18.6. The van der Waals surface area contributed by atoms with Crippen molar-refractivity contribution in [1.29, 1.82) is 0 Å². The number of benzene rings is 2. The van der Waals surface area contributed by atoms with Crippen LogP contribution in [0.4, 0.5) is 0 Å². The minimum Gasteiger partial charge on any atom is -0.300 e. The Balaban J connectivity index is 0.00000140. The molecule has 2 nitrogen and oxygen atoms in total. The summed E-state index contributed by atoms with van der Waals surface area (Å²) in [6.45, 7) is 8.36. The van der Waals surface area contributed by atoms with E-state index in [2.05, 4.69) is 71.3 Å². The number of hydrogen-bond donors (Lipinski definition) is 0. The van der Waals surface area contributed by atoms with Gasteiger partial charge in [0.1, 0.15) is 0 Å². The highest BCUT2D eigenvalue weighted by Crippen LogP contribution is 2.40. The van der Waals surface area contributed by atoms with E-state index >= 15 is 0 Å². The molecule has 1 fully saturated rings. The van der Waals surface area contributed by atoms with Crippen LogP contribution in [-0.2, 0) is 0 Å². The van der Waals surface area contributed by atoms with E-state index < -0.39 is 0 Å². The number of nitrogens with zero attached hydrogens (tertiary/aromatic N) is 2. The molecule has 0 spiro atoms. The summed E-state index contributed by atoms with van der Waals surface area (Å²) in [4.78, 5) is 5.44. The number of fused-ring (bicyclic) bond motifs is 3. The van der Waals surface area contributed by atoms with Gasteiger partial charge in [-0.15, -0.1) is 24.8 Å². The fraction of sp³-hybridized carbons (Fsp3) is 0.500. The summed E-state index contributed by atoms with van der Waals surface area (Å²) >= 11 is 0. The van der Waals surface area contributed by atoms with E-state index in [-0.39, 0.29) is 24.8 Å². The first-order valence-electron chi connectivity index (χ1n) is 10.5. The van der Waals surface area contributed by atoms with Gasteiger partial charge in [-0.25, -0.2) is 0 Å². The van der Waals surface area contributed by atoms with Crippen molar-refractivity contribution in [3.05, 3.63) is 71.3 Å². The van der Waals surface area contributed by atoms with Crippen LogP contribution in [0.3, 0.4) is 0 Å². The fourth-order valence-electron chi connectivity index (χ4n) is 4.79. The average molecular weight is 421 g/mol. The molecule has 2 aliphatic rings. The number of hydrogen-bond acceptors (Lipinski definition) is 2. The number of rotatable bonds is 6. The topological polar surface area (TPSA) is 6.48 Å². The molecule has 28 heavy (non-hydrogen) atoms. The zero-order chi connectivity index (χ0) is 17.8. The molecule has 4 rings (SSSR count). The summed E-state index contributed by atoms with van der Waals surface area (Å²) in [5.41, 5.74) is 4.57. The maximum absolute atomic E-state index is 2.74. The second-order valence-electron chi connectivity index (χ2n) is 7.96. The van der Waals surface area contributed by atoms with E-state index in [1.54, 1.807) is 11.1 Å². The second-order valence-corrected chi connectivity index (χ2v) is 7.96. The number of unbranched alkanes of at least 4 members (excludes halogenated alkanes) is 3. The average Bonchev–Trinajstić information content (AvgIpc) is 2.71. The number of halogens is 2. The third-order valence-electron chi connectivity index (χ3n) is 6.25. The van der Waals surface area contributed by atoms with Crippen LogP contribution in [0, 0.1) is 0 Å². The minimum atomic E-state index is 0. The Morgan fingerprint density at radius 3 is 2.25 bits per heavy atom. The molecule has 0 aromatic heterocycles. The Morgan fingerprint density at radius 2 is 1.50 bits per heavy atom. The standard InChI is InChI=1S/C24H32N2.2ClH/c1-2-3-4-10-15-25-16-17-26-18-23(20-11-6-5-7-12-20)21-13-8-9-14-22(21)24(26)19-25;;/h5-9,11-14,23-24H,2-4,10,15-19H2,1H3;2*1H/t23-,24-;;/m0../s1. The monoisotopic (exact) mass is 420 g/mol. The normalized spacial score (nSPS) is 21.8. The lowest BCUT2D eigenvalue weighted by molar-refractivity contribution is 0.0617. The Labute approximate surface area is 183 Å². The van der Waals surface area contributed by atoms with E-state index in [0.29, 0.717) is 12.0 Å². The summed E-state index contributed by atoms with van der Waals surface area (Å²) in [5.74, 6) is 0.514. The second kappa shape index (κ2) is 11.2. The van der Waals surface area contributed by atoms with E-state index in [0.717, 1.165) is 6.54 Å². The molecule has 2 aromatic rings. The Bertz CT molecular complexity index is 707. The maximum atomic E-state index is 2.74. The van der Waals surface area contributed by atoms with Gasteiger partial charge in [0.2, 0.25) is 0 Å². The molecular weight excluding hydrogens is 387 g/mol. The van der Waals surface area contributed by atoms with Crippen LogP contribution >= 0.6 is 24.8 Å². The van der Waals surface area contributed by atoms with Crippen LogP contribution < -0.4 is 0 Å². The molecule has 0 unspecified atom stereocenters. The molecule has 2 aromatic carbocycles. The highest BCUT2D eigenvalue weighted by molar-refractivity contribution is 5.85. The molecule has 0 aliphatic carbocycles. The molecule has 0 saturated carbocycles. The molecule has 0 N–H and O–H groups in total. The highest BCUT2D eigenvalue weighted by atomic mass is 35.5. The van der Waals surface area contributed by atoms with Gasteiger partial charge in [-0.05, 0) is 29.7 Å². The summed E-state index contributed by atoms with van der Waals surface area (Å²) in [6, 6.07) is 20.8. The molecule has 2 aliphatic heterocycles. The Hall–Kier alpha value is -1.06. The quantitative estimate of drug-likeness (QED) is 0.535. The SMILES string of the molecule is CCCCCCN1CCN2C[C@@H](c3ccccc3)c3ccccc3[C@@H]2C1.Cl.Cl. The van der Waals surface area contributed by atoms with Crippen molar-refractivity contribution in [2.45, 2.75) is 44.6 Å². The Morgan fingerprint density at radius 1 is 0.786 bits per heavy atom. The van der Waals surface area contributed by atoms with Crippen molar-refractivity contribution in [2.24, 2.45) is 0 Å². The maximum Gasteiger partial charge on any atom is 0.0479 e. The smallest absolute Gasteiger partial charge is 0.0479 e. The Kier molecular flexibility index (Phi) is 9.30. The van der Waals surface area contributed by atoms with Gasteiger partial charge in [0, 0.05) is 38.1 Å². The van der Waals surface area contributed by atoms with Crippen LogP contribution in [0.2, 0.25) is 0 Å². The molecule has 2 atom stereocenters. The van der Waals surface area contributed by atoms with Crippen LogP contribution in [0.5, 0.6) is 0 Å². The third-order valence-corrected chi connectivity index (χ3v) is 6.25. The van der Waals surface area contributed by atoms with Gasteiger partial charge >= 0.3 is 0 Å². The largest absolute Gasteiger partial charge is 0.300 e. The fourth-order valence-corrected chi connectivity index (χ4v) is 4.79. The first-order chi connectivity index (χ1) is 12.9. The van der Waals surface area contributed by atoms with Gasteiger partial charge in [0.25, 0.3) is 0 Å². The van der Waals surface area contributed by atoms with Gasteiger partial charge in [-0.1, -0.05) is 80.8 Å². The summed E-state index contributed by atoms with van der Waals surface area (Å²) in [6.07, 6.45) is 5.44. The van der Waals surface area contributed by atoms with Crippen LogP contribution in [0.15, 0.2) is 54.6 Å². The summed E-state index contributed by atoms with van der Waals surface area (Å²) in [5, 5.41) is 0. The summed E-state index contributed by atoms with van der Waals surface area (Å²) in [7, 11) is 0. The first-order valence-corrected chi connectivity index (χ1v) is 10.5. The van der Waals surface area contributed by atoms with Crippen molar-refractivity contribution in [3.8, 4) is 0 Å². The lowest BCUT2D eigenvalue weighted by Gasteiger charge is -2.47. The van der Waals surface area contributed by atoms with E-state index in [1.165, 1.54) is 57.4 Å². The van der Waals surface area contributed by atoms with E-state index in [1.807, 2.05) is 0 Å². The minimum absolute atomic E-state index is 0. The van der Waals surface area contributed by atoms with Crippen molar-refractivity contribution >= 4 is 24.8 Å². The third kappa shape index (κ3) is 5.10. The van der Waals surface area contributed by atoms with Crippen molar-refractivity contribution in [2.75, 3.05) is 32.7 Å². The lowest BCUT2D eigenvalue weighted by atomic mass is 9.80. The lowest BCUT2D eigenvalue weighted by Crippen LogP contribution is -2.51. The van der Waals surface area contributed by atoms with E-state index in [9.17, 15) is 0 Å².